The molecule has 0 heterocycles. The monoisotopic (exact) mass is 361 g/mol. The number of non-ortho nitro benzene ring substituents is 1. The number of hydrogen-bond acceptors (Lipinski definition) is 6. The second-order valence-electron chi connectivity index (χ2n) is 4.84. The zero-order chi connectivity index (χ0) is 17.3. The average molecular weight is 361 g/mol. The van der Waals surface area contributed by atoms with Crippen LogP contribution in [0.4, 0.5) is 5.69 Å². The largest absolute Gasteiger partial charge is 0.343 e. The maximum Gasteiger partial charge on any atom is 0.343 e. The van der Waals surface area contributed by atoms with Gasteiger partial charge in [-0.2, -0.15) is 0 Å². The van der Waals surface area contributed by atoms with Gasteiger partial charge >= 0.3 is 7.60 Å². The molecule has 1 aromatic carbocycles. The maximum absolute atomic E-state index is 13.0. The third-order valence-electron chi connectivity index (χ3n) is 3.10. The molecule has 1 atom stereocenters. The number of nitro benzene ring substituents is 1. The van der Waals surface area contributed by atoms with Crippen LogP contribution in [0.15, 0.2) is 29.2 Å². The SMILES string of the molecule is CCCCC(Sc1ccc([N+](=O)[O-])cc1)P(=O)(OCC)OCC. The van der Waals surface area contributed by atoms with Gasteiger partial charge in [0.1, 0.15) is 4.99 Å². The summed E-state index contributed by atoms with van der Waals surface area (Å²) < 4.78 is 24.0. The molecular formula is C15H24NO5PS. The predicted octanol–water partition coefficient (Wildman–Crippen LogP) is 5.47. The summed E-state index contributed by atoms with van der Waals surface area (Å²) in [6.45, 7) is 6.29. The van der Waals surface area contributed by atoms with Gasteiger partial charge in [0.05, 0.1) is 18.1 Å². The minimum absolute atomic E-state index is 0.0391. The van der Waals surface area contributed by atoms with Crippen LogP contribution in [-0.2, 0) is 13.6 Å². The standard InChI is InChI=1S/C15H24NO5PS/c1-4-7-8-15(22(19,20-5-2)21-6-3)23-14-11-9-13(10-12-14)16(17)18/h9-12,15H,4-8H2,1-3H3. The van der Waals surface area contributed by atoms with Crippen LogP contribution < -0.4 is 0 Å². The lowest BCUT2D eigenvalue weighted by molar-refractivity contribution is -0.384. The zero-order valence-corrected chi connectivity index (χ0v) is 15.5. The Bertz CT molecular complexity index is 527. The fourth-order valence-corrected chi connectivity index (χ4v) is 5.79. The average Bonchev–Trinajstić information content (AvgIpc) is 2.52. The fourth-order valence-electron chi connectivity index (χ4n) is 2.03. The lowest BCUT2D eigenvalue weighted by Gasteiger charge is -2.25. The minimum Gasteiger partial charge on any atom is -0.308 e. The lowest BCUT2D eigenvalue weighted by Crippen LogP contribution is -2.10. The van der Waals surface area contributed by atoms with Gasteiger partial charge in [-0.05, 0) is 32.4 Å². The Morgan fingerprint density at radius 2 is 1.74 bits per heavy atom. The third kappa shape index (κ3) is 6.26. The van der Waals surface area contributed by atoms with Crippen molar-refractivity contribution < 1.29 is 18.5 Å². The van der Waals surface area contributed by atoms with Crippen molar-refractivity contribution in [2.45, 2.75) is 49.9 Å². The molecule has 0 amide bonds. The molecular weight excluding hydrogens is 337 g/mol. The van der Waals surface area contributed by atoms with Gasteiger partial charge in [-0.3, -0.25) is 14.7 Å². The predicted molar refractivity (Wildman–Crippen MR) is 93.1 cm³/mol. The van der Waals surface area contributed by atoms with Crippen molar-refractivity contribution in [3.8, 4) is 0 Å². The summed E-state index contributed by atoms with van der Waals surface area (Å²) in [5.74, 6) is 0. The van der Waals surface area contributed by atoms with Crippen LogP contribution in [0.2, 0.25) is 0 Å². The molecule has 0 aliphatic carbocycles. The Morgan fingerprint density at radius 3 is 2.17 bits per heavy atom. The highest BCUT2D eigenvalue weighted by Crippen LogP contribution is 2.60. The molecule has 23 heavy (non-hydrogen) atoms. The number of hydrogen-bond donors (Lipinski definition) is 0. The van der Waals surface area contributed by atoms with E-state index >= 15 is 0 Å². The van der Waals surface area contributed by atoms with Gasteiger partial charge in [0.15, 0.2) is 0 Å². The summed E-state index contributed by atoms with van der Waals surface area (Å²) in [4.78, 5) is 10.8. The Balaban J connectivity index is 2.96. The fraction of sp³-hybridized carbons (Fsp3) is 0.600. The van der Waals surface area contributed by atoms with E-state index in [1.165, 1.54) is 23.9 Å². The molecule has 6 nitrogen and oxygen atoms in total. The number of rotatable bonds is 11. The highest BCUT2D eigenvalue weighted by molar-refractivity contribution is 8.05. The van der Waals surface area contributed by atoms with Crippen molar-refractivity contribution in [1.82, 2.24) is 0 Å². The highest BCUT2D eigenvalue weighted by Gasteiger charge is 2.35. The molecule has 0 spiro atoms. The Kier molecular flexibility index (Phi) is 8.84. The van der Waals surface area contributed by atoms with E-state index in [1.54, 1.807) is 26.0 Å². The molecule has 0 aliphatic heterocycles. The van der Waals surface area contributed by atoms with Gasteiger partial charge in [0.25, 0.3) is 5.69 Å². The zero-order valence-electron chi connectivity index (χ0n) is 13.8. The molecule has 0 saturated heterocycles. The summed E-state index contributed by atoms with van der Waals surface area (Å²) in [5, 5.41) is 10.7. The minimum atomic E-state index is -3.23. The van der Waals surface area contributed by atoms with Crippen molar-refractivity contribution in [2.75, 3.05) is 13.2 Å². The number of nitrogens with zero attached hydrogens (tertiary/aromatic N) is 1. The molecule has 1 rings (SSSR count). The van der Waals surface area contributed by atoms with Crippen molar-refractivity contribution >= 4 is 25.0 Å². The summed E-state index contributed by atoms with van der Waals surface area (Å²) in [6.07, 6.45) is 2.60. The lowest BCUT2D eigenvalue weighted by atomic mass is 10.3. The van der Waals surface area contributed by atoms with Crippen LogP contribution in [0.25, 0.3) is 0 Å². The molecule has 8 heteroatoms. The summed E-state index contributed by atoms with van der Waals surface area (Å²) in [6, 6.07) is 6.24. The molecule has 1 aromatic rings. The van der Waals surface area contributed by atoms with E-state index in [0.29, 0.717) is 19.6 Å². The van der Waals surface area contributed by atoms with E-state index in [1.807, 2.05) is 0 Å². The van der Waals surface area contributed by atoms with Crippen molar-refractivity contribution in [2.24, 2.45) is 0 Å². The molecule has 1 unspecified atom stereocenters. The van der Waals surface area contributed by atoms with Crippen LogP contribution in [0.5, 0.6) is 0 Å². The number of nitro groups is 1. The van der Waals surface area contributed by atoms with Gasteiger partial charge in [-0.15, -0.1) is 11.8 Å². The molecule has 0 fully saturated rings. The number of thioether (sulfide) groups is 1. The van der Waals surface area contributed by atoms with Crippen LogP contribution in [0, 0.1) is 10.1 Å². The van der Waals surface area contributed by atoms with Crippen molar-refractivity contribution in [1.29, 1.82) is 0 Å². The normalized spacial score (nSPS) is 13.0. The van der Waals surface area contributed by atoms with E-state index in [0.717, 1.165) is 17.7 Å². The quantitative estimate of drug-likeness (QED) is 0.225. The van der Waals surface area contributed by atoms with Crippen molar-refractivity contribution in [3.05, 3.63) is 34.4 Å². The molecule has 0 bridgehead atoms. The first-order valence-corrected chi connectivity index (χ1v) is 10.3. The van der Waals surface area contributed by atoms with Gasteiger partial charge in [-0.25, -0.2) is 0 Å². The van der Waals surface area contributed by atoms with Crippen LogP contribution >= 0.6 is 19.4 Å². The second-order valence-corrected chi connectivity index (χ2v) is 8.69. The van der Waals surface area contributed by atoms with E-state index in [-0.39, 0.29) is 10.7 Å². The smallest absolute Gasteiger partial charge is 0.308 e. The van der Waals surface area contributed by atoms with E-state index in [9.17, 15) is 14.7 Å². The van der Waals surface area contributed by atoms with Crippen LogP contribution in [0.3, 0.4) is 0 Å². The summed E-state index contributed by atoms with van der Waals surface area (Å²) in [7, 11) is -3.23. The second kappa shape index (κ2) is 10.1. The molecule has 0 saturated carbocycles. The summed E-state index contributed by atoms with van der Waals surface area (Å²) >= 11 is 1.40. The molecule has 0 N–H and O–H groups in total. The van der Waals surface area contributed by atoms with Gasteiger partial charge in [0, 0.05) is 17.0 Å². The summed E-state index contributed by atoms with van der Waals surface area (Å²) in [5.41, 5.74) is 0.0391. The first kappa shape index (κ1) is 20.2. The molecule has 0 aromatic heterocycles. The van der Waals surface area contributed by atoms with Gasteiger partial charge in [0.2, 0.25) is 0 Å². The van der Waals surface area contributed by atoms with E-state index in [2.05, 4.69) is 6.92 Å². The molecule has 0 aliphatic rings. The third-order valence-corrected chi connectivity index (χ3v) is 7.44. The molecule has 130 valence electrons. The van der Waals surface area contributed by atoms with Crippen LogP contribution in [-0.4, -0.2) is 23.1 Å². The first-order valence-electron chi connectivity index (χ1n) is 7.76. The maximum atomic E-state index is 13.0. The Labute approximate surface area is 141 Å². The number of unbranched alkanes of at least 4 members (excludes halogenated alkanes) is 1. The molecule has 0 radical (unpaired) electrons. The highest BCUT2D eigenvalue weighted by atomic mass is 32.2. The topological polar surface area (TPSA) is 78.7 Å². The van der Waals surface area contributed by atoms with Gasteiger partial charge in [-0.1, -0.05) is 19.8 Å². The van der Waals surface area contributed by atoms with Gasteiger partial charge < -0.3 is 9.05 Å². The van der Waals surface area contributed by atoms with E-state index < -0.39 is 12.5 Å². The Hall–Kier alpha value is -0.880. The van der Waals surface area contributed by atoms with Crippen molar-refractivity contribution in [3.63, 3.8) is 0 Å². The first-order chi connectivity index (χ1) is 11.0. The van der Waals surface area contributed by atoms with Crippen LogP contribution in [0.1, 0.15) is 40.0 Å². The Morgan fingerprint density at radius 1 is 1.17 bits per heavy atom. The van der Waals surface area contributed by atoms with E-state index in [4.69, 9.17) is 9.05 Å². The number of benzene rings is 1.